The van der Waals surface area contributed by atoms with E-state index < -0.39 is 23.3 Å². The second-order valence-electron chi connectivity index (χ2n) is 5.87. The van der Waals surface area contributed by atoms with Gasteiger partial charge in [0.25, 0.3) is 5.56 Å². The normalized spacial score (nSPS) is 12.3. The van der Waals surface area contributed by atoms with Crippen LogP contribution in [0.25, 0.3) is 11.0 Å². The molecular weight excluding hydrogens is 344 g/mol. The Bertz CT molecular complexity index is 1020. The highest BCUT2D eigenvalue weighted by molar-refractivity contribution is 5.75. The molecule has 26 heavy (non-hydrogen) atoms. The molecule has 0 aliphatic carbocycles. The number of hydrogen-bond acceptors (Lipinski definition) is 5. The molecule has 1 aromatic carbocycles. The van der Waals surface area contributed by atoms with Gasteiger partial charge >= 0.3 is 0 Å². The largest absolute Gasteiger partial charge is 0.448 e. The molecule has 0 saturated carbocycles. The summed E-state index contributed by atoms with van der Waals surface area (Å²) >= 11 is 0. The van der Waals surface area contributed by atoms with Gasteiger partial charge < -0.3 is 9.84 Å². The molecule has 0 unspecified atom stereocenters. The number of aliphatic hydroxyl groups excluding tert-OH is 1. The standard InChI is InChI=1S/C18H17F2N3O3/c1-3-16-21-8-11-6-15(26-14-5-4-12(19)7-13(14)20)18(25)23(9-10(2)24)17(11)22-16/h4-8,10,24H,3,9H2,1-2H3/t10-/m0/s1. The molecule has 136 valence electrons. The van der Waals surface area contributed by atoms with Gasteiger partial charge in [-0.05, 0) is 25.1 Å². The summed E-state index contributed by atoms with van der Waals surface area (Å²) in [5, 5.41) is 10.2. The molecule has 0 bridgehead atoms. The molecule has 3 aromatic rings. The number of ether oxygens (including phenoxy) is 1. The molecule has 0 amide bonds. The molecular formula is C18H17F2N3O3. The molecule has 0 saturated heterocycles. The minimum Gasteiger partial charge on any atom is -0.448 e. The molecule has 2 heterocycles. The van der Waals surface area contributed by atoms with Crippen LogP contribution in [-0.4, -0.2) is 25.7 Å². The zero-order chi connectivity index (χ0) is 18.8. The van der Waals surface area contributed by atoms with E-state index in [-0.39, 0.29) is 18.0 Å². The van der Waals surface area contributed by atoms with Crippen LogP contribution in [0.4, 0.5) is 8.78 Å². The van der Waals surface area contributed by atoms with Gasteiger partial charge in [-0.1, -0.05) is 6.92 Å². The van der Waals surface area contributed by atoms with Crippen LogP contribution in [0.5, 0.6) is 11.5 Å². The van der Waals surface area contributed by atoms with Gasteiger partial charge in [-0.25, -0.2) is 18.7 Å². The van der Waals surface area contributed by atoms with Crippen LogP contribution in [0.2, 0.25) is 0 Å². The van der Waals surface area contributed by atoms with Gasteiger partial charge in [-0.2, -0.15) is 0 Å². The molecule has 1 atom stereocenters. The van der Waals surface area contributed by atoms with Gasteiger partial charge in [0, 0.05) is 24.1 Å². The minimum atomic E-state index is -0.927. The molecule has 8 heteroatoms. The number of benzene rings is 1. The molecule has 3 rings (SSSR count). The van der Waals surface area contributed by atoms with Gasteiger partial charge in [-0.15, -0.1) is 0 Å². The first-order chi connectivity index (χ1) is 12.4. The predicted molar refractivity (Wildman–Crippen MR) is 91.3 cm³/mol. The fourth-order valence-corrected chi connectivity index (χ4v) is 2.52. The summed E-state index contributed by atoms with van der Waals surface area (Å²) in [6.07, 6.45) is 1.30. The Labute approximate surface area is 147 Å². The quantitative estimate of drug-likeness (QED) is 0.756. The lowest BCUT2D eigenvalue weighted by Crippen LogP contribution is -2.27. The minimum absolute atomic E-state index is 0.0153. The van der Waals surface area contributed by atoms with E-state index in [9.17, 15) is 18.7 Å². The number of halogens is 2. The van der Waals surface area contributed by atoms with Crippen LogP contribution in [-0.2, 0) is 13.0 Å². The SMILES string of the molecule is CCc1ncc2cc(Oc3ccc(F)cc3F)c(=O)n(C[C@H](C)O)c2n1. The van der Waals surface area contributed by atoms with E-state index in [1.165, 1.54) is 23.8 Å². The molecule has 0 spiro atoms. The predicted octanol–water partition coefficient (Wildman–Crippen LogP) is 2.81. The number of nitrogens with zero attached hydrogens (tertiary/aromatic N) is 3. The Hall–Kier alpha value is -2.87. The molecule has 1 N–H and O–H groups in total. The summed E-state index contributed by atoms with van der Waals surface area (Å²) < 4.78 is 33.5. The Kier molecular flexibility index (Phi) is 4.94. The van der Waals surface area contributed by atoms with Crippen molar-refractivity contribution in [3.63, 3.8) is 0 Å². The van der Waals surface area contributed by atoms with Crippen molar-refractivity contribution in [3.8, 4) is 11.5 Å². The first-order valence-corrected chi connectivity index (χ1v) is 8.09. The van der Waals surface area contributed by atoms with Crippen LogP contribution in [0.1, 0.15) is 19.7 Å². The van der Waals surface area contributed by atoms with Crippen LogP contribution < -0.4 is 10.3 Å². The zero-order valence-corrected chi connectivity index (χ0v) is 14.2. The Morgan fingerprint density at radius 2 is 2.04 bits per heavy atom. The van der Waals surface area contributed by atoms with E-state index in [2.05, 4.69) is 9.97 Å². The summed E-state index contributed by atoms with van der Waals surface area (Å²) in [5.74, 6) is -1.58. The lowest BCUT2D eigenvalue weighted by molar-refractivity contribution is 0.173. The molecule has 0 fully saturated rings. The number of fused-ring (bicyclic) bond motifs is 1. The second kappa shape index (κ2) is 7.17. The Balaban J connectivity index is 2.16. The maximum absolute atomic E-state index is 13.9. The summed E-state index contributed by atoms with van der Waals surface area (Å²) in [4.78, 5) is 21.3. The van der Waals surface area contributed by atoms with E-state index in [1.807, 2.05) is 6.92 Å². The average Bonchev–Trinajstić information content (AvgIpc) is 2.60. The first kappa shape index (κ1) is 17.9. The van der Waals surface area contributed by atoms with Crippen molar-refractivity contribution in [2.24, 2.45) is 0 Å². The first-order valence-electron chi connectivity index (χ1n) is 8.09. The number of aryl methyl sites for hydroxylation is 1. The molecule has 2 aromatic heterocycles. The highest BCUT2D eigenvalue weighted by Gasteiger charge is 2.16. The van der Waals surface area contributed by atoms with Crippen LogP contribution in [0.3, 0.4) is 0 Å². The molecule has 6 nitrogen and oxygen atoms in total. The zero-order valence-electron chi connectivity index (χ0n) is 14.2. The fourth-order valence-electron chi connectivity index (χ4n) is 2.52. The van der Waals surface area contributed by atoms with Gasteiger partial charge in [-0.3, -0.25) is 9.36 Å². The lowest BCUT2D eigenvalue weighted by Gasteiger charge is -2.14. The van der Waals surface area contributed by atoms with Crippen molar-refractivity contribution >= 4 is 11.0 Å². The number of aliphatic hydroxyl groups is 1. The van der Waals surface area contributed by atoms with E-state index >= 15 is 0 Å². The summed E-state index contributed by atoms with van der Waals surface area (Å²) in [6, 6.07) is 4.20. The number of pyridine rings is 1. The van der Waals surface area contributed by atoms with Crippen molar-refractivity contribution in [3.05, 3.63) is 58.3 Å². The lowest BCUT2D eigenvalue weighted by atomic mass is 10.2. The van der Waals surface area contributed by atoms with Crippen LogP contribution >= 0.6 is 0 Å². The number of rotatable bonds is 5. The second-order valence-corrected chi connectivity index (χ2v) is 5.87. The van der Waals surface area contributed by atoms with E-state index in [0.717, 1.165) is 12.1 Å². The van der Waals surface area contributed by atoms with E-state index in [0.29, 0.717) is 29.3 Å². The molecule has 0 radical (unpaired) electrons. The van der Waals surface area contributed by atoms with Crippen molar-refractivity contribution in [1.82, 2.24) is 14.5 Å². The maximum Gasteiger partial charge on any atom is 0.295 e. The number of hydrogen-bond donors (Lipinski definition) is 1. The average molecular weight is 361 g/mol. The summed E-state index contributed by atoms with van der Waals surface area (Å²) in [5.41, 5.74) is -0.224. The van der Waals surface area contributed by atoms with Gasteiger partial charge in [0.15, 0.2) is 17.3 Å². The highest BCUT2D eigenvalue weighted by atomic mass is 19.1. The van der Waals surface area contributed by atoms with Crippen molar-refractivity contribution < 1.29 is 18.6 Å². The van der Waals surface area contributed by atoms with Crippen molar-refractivity contribution in [2.75, 3.05) is 0 Å². The summed E-state index contributed by atoms with van der Waals surface area (Å²) in [7, 11) is 0. The van der Waals surface area contributed by atoms with Gasteiger partial charge in [0.2, 0.25) is 0 Å². The Morgan fingerprint density at radius 3 is 2.69 bits per heavy atom. The summed E-state index contributed by atoms with van der Waals surface area (Å²) in [6.45, 7) is 3.40. The maximum atomic E-state index is 13.9. The Morgan fingerprint density at radius 1 is 1.27 bits per heavy atom. The van der Waals surface area contributed by atoms with Crippen LogP contribution in [0.15, 0.2) is 35.3 Å². The smallest absolute Gasteiger partial charge is 0.295 e. The highest BCUT2D eigenvalue weighted by Crippen LogP contribution is 2.25. The third-order valence-corrected chi connectivity index (χ3v) is 3.72. The fraction of sp³-hybridized carbons (Fsp3) is 0.278. The molecule has 0 aliphatic heterocycles. The molecule has 0 aliphatic rings. The van der Waals surface area contributed by atoms with Crippen molar-refractivity contribution in [2.45, 2.75) is 32.9 Å². The van der Waals surface area contributed by atoms with Crippen LogP contribution in [0, 0.1) is 11.6 Å². The third-order valence-electron chi connectivity index (χ3n) is 3.72. The van der Waals surface area contributed by atoms with E-state index in [4.69, 9.17) is 4.74 Å². The monoisotopic (exact) mass is 361 g/mol. The van der Waals surface area contributed by atoms with Gasteiger partial charge in [0.05, 0.1) is 12.6 Å². The third kappa shape index (κ3) is 3.55. The number of aromatic nitrogens is 3. The topological polar surface area (TPSA) is 77.2 Å². The van der Waals surface area contributed by atoms with Gasteiger partial charge in [0.1, 0.15) is 17.3 Å². The van der Waals surface area contributed by atoms with E-state index in [1.54, 1.807) is 0 Å². The van der Waals surface area contributed by atoms with Crippen molar-refractivity contribution in [1.29, 1.82) is 0 Å².